The van der Waals surface area contributed by atoms with Crippen LogP contribution in [0.15, 0.2) is 4.99 Å². The summed E-state index contributed by atoms with van der Waals surface area (Å²) in [5, 5.41) is 6.67. The van der Waals surface area contributed by atoms with E-state index in [2.05, 4.69) is 27.4 Å². The van der Waals surface area contributed by atoms with Gasteiger partial charge < -0.3 is 25.0 Å². The van der Waals surface area contributed by atoms with Crippen LogP contribution in [0.25, 0.3) is 0 Å². The fourth-order valence-corrected chi connectivity index (χ4v) is 3.11. The number of hydrogen-bond donors (Lipinski definition) is 2. The summed E-state index contributed by atoms with van der Waals surface area (Å²) in [5.74, 6) is 1.04. The summed E-state index contributed by atoms with van der Waals surface area (Å²) in [6, 6.07) is 0. The van der Waals surface area contributed by atoms with Gasteiger partial charge in [-0.25, -0.2) is 0 Å². The lowest BCUT2D eigenvalue weighted by atomic mass is 10.3. The van der Waals surface area contributed by atoms with Crippen molar-refractivity contribution in [3.05, 3.63) is 0 Å². The zero-order valence-corrected chi connectivity index (χ0v) is 16.3. The van der Waals surface area contributed by atoms with Crippen LogP contribution < -0.4 is 10.6 Å². The first-order chi connectivity index (χ1) is 12.7. The minimum Gasteiger partial charge on any atom is -0.379 e. The van der Waals surface area contributed by atoms with Gasteiger partial charge in [0.15, 0.2) is 5.96 Å². The van der Waals surface area contributed by atoms with Crippen molar-refractivity contribution in [3.63, 3.8) is 0 Å². The van der Waals surface area contributed by atoms with Crippen molar-refractivity contribution in [3.8, 4) is 0 Å². The topological polar surface area (TPSA) is 78.4 Å². The van der Waals surface area contributed by atoms with Crippen LogP contribution in [0.5, 0.6) is 0 Å². The highest BCUT2D eigenvalue weighted by Gasteiger charge is 2.18. The molecule has 26 heavy (non-hydrogen) atoms. The van der Waals surface area contributed by atoms with E-state index in [0.29, 0.717) is 0 Å². The Morgan fingerprint density at radius 1 is 1.27 bits per heavy atom. The van der Waals surface area contributed by atoms with Gasteiger partial charge >= 0.3 is 0 Å². The standard InChI is InChI=1S/C18H35N5O3/c1-3-19-18(20-6-4-13-26-17-5-14-25-15-17)21-7-8-22-9-11-23(12-10-22)16(2)24/h17H,3-15H2,1-2H3,(H2,19,20,21). The van der Waals surface area contributed by atoms with Gasteiger partial charge in [0.1, 0.15) is 0 Å². The van der Waals surface area contributed by atoms with E-state index in [1.165, 1.54) is 0 Å². The molecule has 1 unspecified atom stereocenters. The molecule has 0 aromatic rings. The van der Waals surface area contributed by atoms with Crippen LogP contribution in [-0.4, -0.2) is 99.9 Å². The molecule has 2 saturated heterocycles. The number of amides is 1. The minimum absolute atomic E-state index is 0.175. The highest BCUT2D eigenvalue weighted by atomic mass is 16.5. The number of carbonyl (C=O) groups excluding carboxylic acids is 1. The van der Waals surface area contributed by atoms with Gasteiger partial charge in [0, 0.05) is 72.5 Å². The van der Waals surface area contributed by atoms with Gasteiger partial charge in [-0.2, -0.15) is 0 Å². The van der Waals surface area contributed by atoms with Gasteiger partial charge in [-0.15, -0.1) is 0 Å². The lowest BCUT2D eigenvalue weighted by molar-refractivity contribution is -0.130. The maximum atomic E-state index is 11.4. The van der Waals surface area contributed by atoms with E-state index in [1.807, 2.05) is 4.90 Å². The molecule has 0 aromatic carbocycles. The molecule has 1 atom stereocenters. The van der Waals surface area contributed by atoms with E-state index in [0.717, 1.165) is 91.0 Å². The number of nitrogens with zero attached hydrogens (tertiary/aromatic N) is 3. The first kappa shape index (κ1) is 20.9. The summed E-state index contributed by atoms with van der Waals surface area (Å²) < 4.78 is 11.1. The van der Waals surface area contributed by atoms with E-state index in [4.69, 9.17) is 9.47 Å². The molecule has 0 aromatic heterocycles. The molecule has 2 aliphatic rings. The zero-order chi connectivity index (χ0) is 18.6. The van der Waals surface area contributed by atoms with Crippen molar-refractivity contribution in [1.82, 2.24) is 20.4 Å². The Labute approximate surface area is 157 Å². The highest BCUT2D eigenvalue weighted by Crippen LogP contribution is 2.08. The Balaban J connectivity index is 1.57. The number of hydrogen-bond acceptors (Lipinski definition) is 5. The molecule has 150 valence electrons. The zero-order valence-electron chi connectivity index (χ0n) is 16.3. The van der Waals surface area contributed by atoms with Gasteiger partial charge in [-0.05, 0) is 19.8 Å². The lowest BCUT2D eigenvalue weighted by Gasteiger charge is -2.34. The fourth-order valence-electron chi connectivity index (χ4n) is 3.11. The number of piperazine rings is 1. The van der Waals surface area contributed by atoms with Crippen molar-refractivity contribution in [1.29, 1.82) is 0 Å². The number of ether oxygens (including phenoxy) is 2. The van der Waals surface area contributed by atoms with Gasteiger partial charge in [0.2, 0.25) is 5.91 Å². The molecular formula is C18H35N5O3. The second-order valence-corrected chi connectivity index (χ2v) is 6.75. The smallest absolute Gasteiger partial charge is 0.219 e. The Morgan fingerprint density at radius 2 is 2.08 bits per heavy atom. The van der Waals surface area contributed by atoms with Crippen LogP contribution in [0.3, 0.4) is 0 Å². The second-order valence-electron chi connectivity index (χ2n) is 6.75. The van der Waals surface area contributed by atoms with Gasteiger partial charge in [0.25, 0.3) is 0 Å². The number of guanidine groups is 1. The third kappa shape index (κ3) is 7.88. The van der Waals surface area contributed by atoms with E-state index >= 15 is 0 Å². The molecule has 2 aliphatic heterocycles. The van der Waals surface area contributed by atoms with Crippen LogP contribution >= 0.6 is 0 Å². The fraction of sp³-hybridized carbons (Fsp3) is 0.889. The summed E-state index contributed by atoms with van der Waals surface area (Å²) in [7, 11) is 0. The third-order valence-electron chi connectivity index (χ3n) is 4.70. The summed E-state index contributed by atoms with van der Waals surface area (Å²) in [6.07, 6.45) is 2.20. The first-order valence-corrected chi connectivity index (χ1v) is 9.88. The summed E-state index contributed by atoms with van der Waals surface area (Å²) in [6.45, 7) is 12.9. The van der Waals surface area contributed by atoms with Gasteiger partial charge in [-0.3, -0.25) is 14.7 Å². The molecule has 2 fully saturated rings. The summed E-state index contributed by atoms with van der Waals surface area (Å²) in [4.78, 5) is 20.3. The largest absolute Gasteiger partial charge is 0.379 e. The van der Waals surface area contributed by atoms with Crippen molar-refractivity contribution >= 4 is 11.9 Å². The predicted octanol–water partition coefficient (Wildman–Crippen LogP) is -0.0988. The molecule has 1 amide bonds. The SMILES string of the molecule is CCNC(=NCCCOC1CCOC1)NCCN1CCN(C(C)=O)CC1. The quantitative estimate of drug-likeness (QED) is 0.336. The number of nitrogens with one attached hydrogen (secondary N) is 2. The van der Waals surface area contributed by atoms with Crippen LogP contribution in [-0.2, 0) is 14.3 Å². The monoisotopic (exact) mass is 369 g/mol. The Kier molecular flexibility index (Phi) is 9.73. The van der Waals surface area contributed by atoms with Gasteiger partial charge in [0.05, 0.1) is 12.7 Å². The number of aliphatic imine (C=N–C) groups is 1. The molecular weight excluding hydrogens is 334 g/mol. The summed E-state index contributed by atoms with van der Waals surface area (Å²) >= 11 is 0. The van der Waals surface area contributed by atoms with Gasteiger partial charge in [-0.1, -0.05) is 0 Å². The average Bonchev–Trinajstić information content (AvgIpc) is 3.15. The predicted molar refractivity (Wildman–Crippen MR) is 102 cm³/mol. The third-order valence-corrected chi connectivity index (χ3v) is 4.70. The molecule has 0 radical (unpaired) electrons. The number of carbonyl (C=O) groups is 1. The molecule has 0 bridgehead atoms. The molecule has 2 N–H and O–H groups in total. The molecule has 8 nitrogen and oxygen atoms in total. The molecule has 8 heteroatoms. The highest BCUT2D eigenvalue weighted by molar-refractivity contribution is 5.79. The van der Waals surface area contributed by atoms with Crippen LogP contribution in [0.2, 0.25) is 0 Å². The second kappa shape index (κ2) is 12.1. The summed E-state index contributed by atoms with van der Waals surface area (Å²) in [5.41, 5.74) is 0. The number of rotatable bonds is 9. The van der Waals surface area contributed by atoms with Crippen molar-refractivity contribution in [2.45, 2.75) is 32.8 Å². The van der Waals surface area contributed by atoms with Crippen molar-refractivity contribution in [2.24, 2.45) is 4.99 Å². The Hall–Kier alpha value is -1.38. The molecule has 2 rings (SSSR count). The molecule has 0 spiro atoms. The average molecular weight is 370 g/mol. The van der Waals surface area contributed by atoms with Crippen LogP contribution in [0, 0.1) is 0 Å². The van der Waals surface area contributed by atoms with Crippen LogP contribution in [0.1, 0.15) is 26.7 Å². The molecule has 0 aliphatic carbocycles. The van der Waals surface area contributed by atoms with E-state index in [1.54, 1.807) is 6.92 Å². The maximum Gasteiger partial charge on any atom is 0.219 e. The van der Waals surface area contributed by atoms with Crippen molar-refractivity contribution in [2.75, 3.05) is 72.2 Å². The lowest BCUT2D eigenvalue weighted by Crippen LogP contribution is -2.50. The Bertz CT molecular complexity index is 433. The first-order valence-electron chi connectivity index (χ1n) is 9.88. The van der Waals surface area contributed by atoms with Crippen LogP contribution in [0.4, 0.5) is 0 Å². The normalized spacial score (nSPS) is 21.8. The minimum atomic E-state index is 0.175. The molecule has 2 heterocycles. The molecule has 0 saturated carbocycles. The van der Waals surface area contributed by atoms with E-state index in [9.17, 15) is 4.79 Å². The van der Waals surface area contributed by atoms with E-state index < -0.39 is 0 Å². The van der Waals surface area contributed by atoms with Crippen molar-refractivity contribution < 1.29 is 14.3 Å². The Morgan fingerprint density at radius 3 is 2.73 bits per heavy atom. The maximum absolute atomic E-state index is 11.4. The van der Waals surface area contributed by atoms with E-state index in [-0.39, 0.29) is 12.0 Å².